The number of rotatable bonds is 6. The number of halogens is 2. The van der Waals surface area contributed by atoms with Crippen LogP contribution >= 0.6 is 27.5 Å². The Labute approximate surface area is 224 Å². The lowest BCUT2D eigenvalue weighted by Gasteiger charge is -2.16. The van der Waals surface area contributed by atoms with Gasteiger partial charge in [-0.25, -0.2) is 9.78 Å². The molecule has 3 aromatic carbocycles. The number of carbonyl (C=O) groups is 1. The molecule has 0 aliphatic carbocycles. The van der Waals surface area contributed by atoms with E-state index in [9.17, 15) is 9.59 Å². The van der Waals surface area contributed by atoms with Gasteiger partial charge in [-0.3, -0.25) is 4.79 Å². The highest BCUT2D eigenvalue weighted by Gasteiger charge is 2.20. The highest BCUT2D eigenvalue weighted by atomic mass is 79.9. The van der Waals surface area contributed by atoms with Gasteiger partial charge in [-0.05, 0) is 59.3 Å². The van der Waals surface area contributed by atoms with E-state index < -0.39 is 12.1 Å². The van der Waals surface area contributed by atoms with Gasteiger partial charge >= 0.3 is 5.97 Å². The Bertz CT molecular complexity index is 1710. The summed E-state index contributed by atoms with van der Waals surface area (Å²) in [5.41, 5.74) is 1.20. The highest BCUT2D eigenvalue weighted by molar-refractivity contribution is 9.10. The fraction of sp³-hybridized carbons (Fsp3) is 0.111. The first-order chi connectivity index (χ1) is 17.9. The molecular weight excluding hydrogens is 562 g/mol. The van der Waals surface area contributed by atoms with Crippen molar-refractivity contribution in [2.45, 2.75) is 13.0 Å². The molecule has 2 aromatic heterocycles. The molecule has 5 rings (SSSR count). The maximum atomic E-state index is 13.5. The Morgan fingerprint density at radius 3 is 2.70 bits per heavy atom. The number of esters is 1. The van der Waals surface area contributed by atoms with E-state index >= 15 is 0 Å². The van der Waals surface area contributed by atoms with Gasteiger partial charge in [0.1, 0.15) is 11.3 Å². The molecule has 0 bridgehead atoms. The first-order valence-electron chi connectivity index (χ1n) is 11.1. The van der Waals surface area contributed by atoms with E-state index in [0.717, 1.165) is 5.39 Å². The van der Waals surface area contributed by atoms with Crippen LogP contribution in [0.2, 0.25) is 5.02 Å². The number of aromatic nitrogens is 2. The summed E-state index contributed by atoms with van der Waals surface area (Å²) >= 11 is 9.70. The molecule has 1 atom stereocenters. The van der Waals surface area contributed by atoms with Crippen LogP contribution in [-0.2, 0) is 9.53 Å². The third kappa shape index (κ3) is 4.87. The summed E-state index contributed by atoms with van der Waals surface area (Å²) in [5, 5.41) is 6.12. The zero-order valence-corrected chi connectivity index (χ0v) is 22.0. The minimum atomic E-state index is -0.897. The van der Waals surface area contributed by atoms with Crippen molar-refractivity contribution < 1.29 is 18.7 Å². The fourth-order valence-corrected chi connectivity index (χ4v) is 4.72. The fourth-order valence-electron chi connectivity index (χ4n) is 3.79. The second-order valence-electron chi connectivity index (χ2n) is 8.05. The first kappa shape index (κ1) is 24.7. The number of benzene rings is 3. The number of furan rings is 1. The number of nitrogens with zero attached hydrogens (tertiary/aromatic N) is 3. The van der Waals surface area contributed by atoms with Crippen LogP contribution in [0.15, 0.2) is 85.5 Å². The van der Waals surface area contributed by atoms with Gasteiger partial charge < -0.3 is 13.9 Å². The van der Waals surface area contributed by atoms with Gasteiger partial charge in [0.05, 0.1) is 28.7 Å². The lowest BCUT2D eigenvalue weighted by Crippen LogP contribution is -2.25. The lowest BCUT2D eigenvalue weighted by molar-refractivity contribution is -0.147. The Morgan fingerprint density at radius 2 is 1.92 bits per heavy atom. The average molecular weight is 581 g/mol. The van der Waals surface area contributed by atoms with Crippen LogP contribution in [0.1, 0.15) is 12.5 Å². The molecule has 0 N–H and O–H groups in total. The van der Waals surface area contributed by atoms with Crippen molar-refractivity contribution in [3.63, 3.8) is 0 Å². The molecule has 0 saturated heterocycles. The van der Waals surface area contributed by atoms with E-state index in [0.29, 0.717) is 43.1 Å². The molecule has 0 spiro atoms. The number of methoxy groups -OCH3 is 1. The summed E-state index contributed by atoms with van der Waals surface area (Å²) in [6.45, 7) is 1.56. The van der Waals surface area contributed by atoms with Crippen LogP contribution in [0.25, 0.3) is 33.5 Å². The molecule has 186 valence electrons. The Balaban J connectivity index is 1.68. The second-order valence-corrected chi connectivity index (χ2v) is 9.34. The van der Waals surface area contributed by atoms with Crippen LogP contribution in [0.3, 0.4) is 0 Å². The number of fused-ring (bicyclic) bond motifs is 2. The van der Waals surface area contributed by atoms with E-state index in [4.69, 9.17) is 25.5 Å². The van der Waals surface area contributed by atoms with Crippen molar-refractivity contribution in [2.24, 2.45) is 5.10 Å². The summed E-state index contributed by atoms with van der Waals surface area (Å²) in [4.78, 5) is 30.1. The minimum Gasteiger partial charge on any atom is -0.477 e. The number of hydrogen-bond donors (Lipinski definition) is 0. The topological polar surface area (TPSA) is 95.9 Å². The van der Waals surface area contributed by atoms with Gasteiger partial charge in [0.15, 0.2) is 11.9 Å². The smallest absolute Gasteiger partial charge is 0.346 e. The summed E-state index contributed by atoms with van der Waals surface area (Å²) in [6.07, 6.45) is 0.519. The van der Waals surface area contributed by atoms with E-state index in [2.05, 4.69) is 26.0 Å². The number of hydrogen-bond acceptors (Lipinski definition) is 7. The maximum absolute atomic E-state index is 13.5. The van der Waals surface area contributed by atoms with Crippen LogP contribution in [0, 0.1) is 0 Å². The molecule has 0 unspecified atom stereocenters. The summed E-state index contributed by atoms with van der Waals surface area (Å²) in [6, 6.07) is 19.5. The van der Waals surface area contributed by atoms with Gasteiger partial charge in [0.25, 0.3) is 5.56 Å². The molecule has 0 aliphatic rings. The Hall–Kier alpha value is -3.95. The summed E-state index contributed by atoms with van der Waals surface area (Å²) in [7, 11) is 1.28. The summed E-state index contributed by atoms with van der Waals surface area (Å²) in [5.74, 6) is 0.358. The van der Waals surface area contributed by atoms with Crippen molar-refractivity contribution in [1.82, 2.24) is 9.66 Å². The second kappa shape index (κ2) is 10.2. The van der Waals surface area contributed by atoms with Gasteiger partial charge in [-0.15, -0.1) is 0 Å². The number of carbonyl (C=O) groups excluding carboxylic acids is 1. The average Bonchev–Trinajstić information content (AvgIpc) is 3.33. The molecule has 5 aromatic rings. The highest BCUT2D eigenvalue weighted by Crippen LogP contribution is 2.33. The SMILES string of the molecule is COC(=O)[C@@H](C)Oc1c(Br)cc(Cl)cc1C=Nn1c(-c2cc3ccccc3o2)nc2ccccc2c1=O. The predicted octanol–water partition coefficient (Wildman–Crippen LogP) is 6.05. The van der Waals surface area contributed by atoms with Crippen molar-refractivity contribution >= 4 is 61.6 Å². The normalized spacial score (nSPS) is 12.3. The monoisotopic (exact) mass is 579 g/mol. The van der Waals surface area contributed by atoms with Gasteiger partial charge in [0.2, 0.25) is 5.82 Å². The van der Waals surface area contributed by atoms with E-state index in [1.54, 1.807) is 49.4 Å². The van der Waals surface area contributed by atoms with Gasteiger partial charge in [0, 0.05) is 16.0 Å². The molecule has 0 amide bonds. The third-order valence-electron chi connectivity index (χ3n) is 5.58. The largest absolute Gasteiger partial charge is 0.477 e. The molecule has 8 nitrogen and oxygen atoms in total. The molecule has 37 heavy (non-hydrogen) atoms. The predicted molar refractivity (Wildman–Crippen MR) is 145 cm³/mol. The molecule has 0 radical (unpaired) electrons. The molecule has 0 fully saturated rings. The molecule has 10 heteroatoms. The Kier molecular flexibility index (Phi) is 6.82. The molecular formula is C27H19BrClN3O5. The van der Waals surface area contributed by atoms with Crippen LogP contribution in [-0.4, -0.2) is 35.1 Å². The Morgan fingerprint density at radius 1 is 1.16 bits per heavy atom. The van der Waals surface area contributed by atoms with Gasteiger partial charge in [-0.1, -0.05) is 41.9 Å². The maximum Gasteiger partial charge on any atom is 0.346 e. The van der Waals surface area contributed by atoms with Crippen molar-refractivity contribution in [3.8, 4) is 17.3 Å². The number of ether oxygens (including phenoxy) is 2. The zero-order chi connectivity index (χ0) is 26.1. The lowest BCUT2D eigenvalue weighted by atomic mass is 10.2. The van der Waals surface area contributed by atoms with Crippen LogP contribution in [0.5, 0.6) is 5.75 Å². The molecule has 0 saturated carbocycles. The third-order valence-corrected chi connectivity index (χ3v) is 6.38. The van der Waals surface area contributed by atoms with E-state index in [-0.39, 0.29) is 11.4 Å². The van der Waals surface area contributed by atoms with Crippen molar-refractivity contribution in [3.05, 3.63) is 92.1 Å². The minimum absolute atomic E-state index is 0.225. The quantitative estimate of drug-likeness (QED) is 0.179. The zero-order valence-electron chi connectivity index (χ0n) is 19.6. The standard InChI is InChI=1S/C27H19BrClN3O5/c1-15(27(34)35-2)36-24-17(11-18(29)13-20(24)28)14-30-32-25(23-12-16-7-3-6-10-22(16)37-23)31-21-9-5-4-8-19(21)26(32)33/h3-15H,1-2H3/t15-/m1/s1. The van der Waals surface area contributed by atoms with Gasteiger partial charge in [-0.2, -0.15) is 9.78 Å². The van der Waals surface area contributed by atoms with Crippen LogP contribution in [0.4, 0.5) is 0 Å². The number of para-hydroxylation sites is 2. The van der Waals surface area contributed by atoms with Crippen molar-refractivity contribution in [2.75, 3.05) is 7.11 Å². The van der Waals surface area contributed by atoms with Crippen LogP contribution < -0.4 is 10.3 Å². The summed E-state index contributed by atoms with van der Waals surface area (Å²) < 4.78 is 18.3. The van der Waals surface area contributed by atoms with Crippen molar-refractivity contribution in [1.29, 1.82) is 0 Å². The van der Waals surface area contributed by atoms with E-state index in [1.807, 2.05) is 24.3 Å². The first-order valence-corrected chi connectivity index (χ1v) is 12.3. The molecule has 2 heterocycles. The van der Waals surface area contributed by atoms with E-state index in [1.165, 1.54) is 18.0 Å². The molecule has 0 aliphatic heterocycles.